The molecule has 0 aliphatic carbocycles. The van der Waals surface area contributed by atoms with Crippen LogP contribution in [0.1, 0.15) is 6.92 Å². The molecule has 0 saturated heterocycles. The predicted molar refractivity (Wildman–Crippen MR) is 87.1 cm³/mol. The fraction of sp³-hybridized carbons (Fsp3) is 0.200. The maximum absolute atomic E-state index is 5.23. The lowest BCUT2D eigenvalue weighted by Gasteiger charge is -2.04. The third kappa shape index (κ3) is 2.45. The van der Waals surface area contributed by atoms with E-state index in [4.69, 9.17) is 9.47 Å². The Morgan fingerprint density at radius 1 is 1.25 bits per heavy atom. The number of fused-ring (bicyclic) bond motifs is 1. The van der Waals surface area contributed by atoms with E-state index < -0.39 is 0 Å². The Morgan fingerprint density at radius 2 is 2.08 bits per heavy atom. The standard InChI is InChI=1S/C15H13N7O2/c1-9-14(24-8-17-9)19-15-16-7-12-13(18-15)22(21-20-12)10-3-5-11(23-2)6-4-10/h3-9H,1-2H3/b19-14-. The molecule has 1 aliphatic rings. The third-order valence-electron chi connectivity index (χ3n) is 3.52. The van der Waals surface area contributed by atoms with E-state index in [0.29, 0.717) is 17.1 Å². The van der Waals surface area contributed by atoms with Crippen molar-refractivity contribution < 1.29 is 9.47 Å². The summed E-state index contributed by atoms with van der Waals surface area (Å²) < 4.78 is 12.0. The maximum atomic E-state index is 5.23. The molecule has 0 amide bonds. The van der Waals surface area contributed by atoms with E-state index in [1.54, 1.807) is 18.0 Å². The zero-order valence-corrected chi connectivity index (χ0v) is 13.0. The minimum atomic E-state index is -0.145. The van der Waals surface area contributed by atoms with Gasteiger partial charge in [0.05, 0.1) is 19.0 Å². The summed E-state index contributed by atoms with van der Waals surface area (Å²) in [5.74, 6) is 1.49. The minimum Gasteiger partial charge on any atom is -0.497 e. The van der Waals surface area contributed by atoms with Gasteiger partial charge in [0.15, 0.2) is 17.6 Å². The number of hydrogen-bond donors (Lipinski definition) is 0. The van der Waals surface area contributed by atoms with Crippen LogP contribution in [0.3, 0.4) is 0 Å². The molecule has 9 heteroatoms. The van der Waals surface area contributed by atoms with Gasteiger partial charge in [-0.05, 0) is 31.2 Å². The van der Waals surface area contributed by atoms with Crippen molar-refractivity contribution in [1.82, 2.24) is 25.0 Å². The van der Waals surface area contributed by atoms with Crippen molar-refractivity contribution in [2.45, 2.75) is 13.0 Å². The second kappa shape index (κ2) is 5.69. The smallest absolute Gasteiger partial charge is 0.254 e. The number of ether oxygens (including phenoxy) is 2. The van der Waals surface area contributed by atoms with Gasteiger partial charge in [-0.25, -0.2) is 9.98 Å². The molecule has 0 spiro atoms. The van der Waals surface area contributed by atoms with Crippen LogP contribution in [0.25, 0.3) is 16.9 Å². The van der Waals surface area contributed by atoms with Gasteiger partial charge in [0.1, 0.15) is 11.8 Å². The second-order valence-corrected chi connectivity index (χ2v) is 5.08. The number of aliphatic imine (C=N–C) groups is 2. The molecule has 1 atom stereocenters. The summed E-state index contributed by atoms with van der Waals surface area (Å²) in [5, 5.41) is 8.21. The summed E-state index contributed by atoms with van der Waals surface area (Å²) in [6.07, 6.45) is 2.94. The highest BCUT2D eigenvalue weighted by Crippen LogP contribution is 2.19. The average molecular weight is 323 g/mol. The molecule has 4 rings (SSSR count). The van der Waals surface area contributed by atoms with E-state index in [0.717, 1.165) is 11.4 Å². The predicted octanol–water partition coefficient (Wildman–Crippen LogP) is 1.70. The first-order valence-corrected chi connectivity index (χ1v) is 7.24. The van der Waals surface area contributed by atoms with Gasteiger partial charge in [-0.15, -0.1) is 5.10 Å². The van der Waals surface area contributed by atoms with Crippen LogP contribution < -0.4 is 4.74 Å². The van der Waals surface area contributed by atoms with E-state index in [2.05, 4.69) is 30.3 Å². The van der Waals surface area contributed by atoms with Crippen LogP contribution in [0.4, 0.5) is 5.95 Å². The van der Waals surface area contributed by atoms with E-state index in [9.17, 15) is 0 Å². The number of aromatic nitrogens is 5. The molecule has 0 fully saturated rings. The van der Waals surface area contributed by atoms with Gasteiger partial charge in [-0.1, -0.05) is 5.21 Å². The number of nitrogens with zero attached hydrogens (tertiary/aromatic N) is 7. The molecule has 0 radical (unpaired) electrons. The summed E-state index contributed by atoms with van der Waals surface area (Å²) in [6.45, 7) is 1.88. The lowest BCUT2D eigenvalue weighted by atomic mass is 10.3. The third-order valence-corrected chi connectivity index (χ3v) is 3.52. The van der Waals surface area contributed by atoms with Crippen LogP contribution in [0.15, 0.2) is 40.4 Å². The summed E-state index contributed by atoms with van der Waals surface area (Å²) in [6, 6.07) is 7.29. The monoisotopic (exact) mass is 323 g/mol. The minimum absolute atomic E-state index is 0.145. The number of rotatable bonds is 3. The Hall–Kier alpha value is -3.36. The molecule has 1 aliphatic heterocycles. The molecule has 2 aromatic heterocycles. The van der Waals surface area contributed by atoms with Crippen LogP contribution in [-0.2, 0) is 4.74 Å². The molecule has 9 nitrogen and oxygen atoms in total. The number of methoxy groups -OCH3 is 1. The van der Waals surface area contributed by atoms with E-state index in [1.165, 1.54) is 6.40 Å². The van der Waals surface area contributed by atoms with Gasteiger partial charge in [-0.2, -0.15) is 14.7 Å². The highest BCUT2D eigenvalue weighted by Gasteiger charge is 2.17. The Bertz CT molecular complexity index is 946. The quantitative estimate of drug-likeness (QED) is 0.727. The molecule has 1 aromatic carbocycles. The van der Waals surface area contributed by atoms with Crippen LogP contribution in [-0.4, -0.2) is 50.4 Å². The molecular formula is C15H13N7O2. The van der Waals surface area contributed by atoms with Crippen molar-refractivity contribution in [1.29, 1.82) is 0 Å². The van der Waals surface area contributed by atoms with Gasteiger partial charge in [0.25, 0.3) is 5.95 Å². The first kappa shape index (κ1) is 14.2. The van der Waals surface area contributed by atoms with Crippen molar-refractivity contribution in [3.8, 4) is 11.4 Å². The van der Waals surface area contributed by atoms with Gasteiger partial charge in [0.2, 0.25) is 5.90 Å². The van der Waals surface area contributed by atoms with Crippen LogP contribution in [0.2, 0.25) is 0 Å². The maximum Gasteiger partial charge on any atom is 0.254 e. The van der Waals surface area contributed by atoms with E-state index in [1.807, 2.05) is 31.2 Å². The second-order valence-electron chi connectivity index (χ2n) is 5.08. The van der Waals surface area contributed by atoms with Crippen LogP contribution in [0.5, 0.6) is 5.75 Å². The molecule has 3 aromatic rings. The van der Waals surface area contributed by atoms with Crippen molar-refractivity contribution >= 4 is 29.4 Å². The molecule has 1 unspecified atom stereocenters. The SMILES string of the molecule is COc1ccc(-n2nnc3cnc(/N=C4\OC=NC4C)nc32)cc1. The highest BCUT2D eigenvalue weighted by atomic mass is 16.5. The summed E-state index contributed by atoms with van der Waals surface area (Å²) >= 11 is 0. The summed E-state index contributed by atoms with van der Waals surface area (Å²) in [4.78, 5) is 17.0. The molecule has 24 heavy (non-hydrogen) atoms. The van der Waals surface area contributed by atoms with Gasteiger partial charge in [-0.3, -0.25) is 0 Å². The van der Waals surface area contributed by atoms with Gasteiger partial charge in [0, 0.05) is 0 Å². The zero-order chi connectivity index (χ0) is 16.5. The zero-order valence-electron chi connectivity index (χ0n) is 13.0. The molecule has 0 bridgehead atoms. The van der Waals surface area contributed by atoms with Crippen molar-refractivity contribution in [3.05, 3.63) is 30.5 Å². The Kier molecular flexibility index (Phi) is 3.38. The molecule has 120 valence electrons. The lowest BCUT2D eigenvalue weighted by Crippen LogP contribution is -2.10. The molecule has 3 heterocycles. The van der Waals surface area contributed by atoms with Gasteiger partial charge >= 0.3 is 0 Å². The van der Waals surface area contributed by atoms with Crippen molar-refractivity contribution in [3.63, 3.8) is 0 Å². The largest absolute Gasteiger partial charge is 0.497 e. The summed E-state index contributed by atoms with van der Waals surface area (Å²) in [7, 11) is 1.62. The fourth-order valence-electron chi connectivity index (χ4n) is 2.23. The average Bonchev–Trinajstić information content (AvgIpc) is 3.21. The van der Waals surface area contributed by atoms with E-state index >= 15 is 0 Å². The first-order chi connectivity index (χ1) is 11.7. The van der Waals surface area contributed by atoms with Crippen molar-refractivity contribution in [2.24, 2.45) is 9.98 Å². The Balaban J connectivity index is 1.75. The summed E-state index contributed by atoms with van der Waals surface area (Å²) in [5.41, 5.74) is 1.94. The molecule has 0 saturated carbocycles. The van der Waals surface area contributed by atoms with Gasteiger partial charge < -0.3 is 9.47 Å². The van der Waals surface area contributed by atoms with Crippen molar-refractivity contribution in [2.75, 3.05) is 7.11 Å². The fourth-order valence-corrected chi connectivity index (χ4v) is 2.23. The lowest BCUT2D eigenvalue weighted by molar-refractivity contribution is 0.414. The van der Waals surface area contributed by atoms with Crippen LogP contribution in [0, 0.1) is 0 Å². The topological polar surface area (TPSA) is 99.7 Å². The Labute approximate surface area is 136 Å². The molecular weight excluding hydrogens is 310 g/mol. The normalized spacial score (nSPS) is 18.2. The first-order valence-electron chi connectivity index (χ1n) is 7.24. The number of hydrogen-bond acceptors (Lipinski definition) is 8. The number of benzene rings is 1. The highest BCUT2D eigenvalue weighted by molar-refractivity contribution is 5.93. The van der Waals surface area contributed by atoms with E-state index in [-0.39, 0.29) is 12.0 Å². The molecule has 0 N–H and O–H groups in total. The Morgan fingerprint density at radius 3 is 2.79 bits per heavy atom. The van der Waals surface area contributed by atoms with Crippen LogP contribution >= 0.6 is 0 Å².